The zero-order valence-corrected chi connectivity index (χ0v) is 15.3. The molecule has 0 aliphatic carbocycles. The summed E-state index contributed by atoms with van der Waals surface area (Å²) in [5, 5.41) is 13.7. The number of hydrogen-bond donors (Lipinski definition) is 2. The molecule has 140 valence electrons. The second-order valence-corrected chi connectivity index (χ2v) is 6.49. The van der Waals surface area contributed by atoms with E-state index in [-0.39, 0.29) is 13.0 Å². The molecule has 1 rings (SSSR count). The molecule has 0 heterocycles. The predicted octanol–water partition coefficient (Wildman–Crippen LogP) is 2.34. The summed E-state index contributed by atoms with van der Waals surface area (Å²) in [5.74, 6) is -1.12. The van der Waals surface area contributed by atoms with Crippen LogP contribution < -0.4 is 10.6 Å². The number of hydrogen-bond acceptors (Lipinski definition) is 6. The van der Waals surface area contributed by atoms with Gasteiger partial charge >= 0.3 is 12.1 Å². The minimum atomic E-state index is -1.00. The molecule has 0 aliphatic heterocycles. The molecule has 0 radical (unpaired) electrons. The number of nitrogens with one attached hydrogen (secondary N) is 2. The van der Waals surface area contributed by atoms with Crippen molar-refractivity contribution in [3.8, 4) is 6.07 Å². The standard InChI is InChI=1S/C18H23N3O5/c1-12(16(23)21-14-7-5-13(11-19)6-8-14)25-15(22)9-10-20-17(24)26-18(2,3)4/h5-8,12H,9-10H2,1-4H3,(H,20,24)(H,21,23)/t12-/m0/s1. The molecule has 8 heteroatoms. The first-order valence-electron chi connectivity index (χ1n) is 8.08. The van der Waals surface area contributed by atoms with Gasteiger partial charge in [-0.15, -0.1) is 0 Å². The molecule has 0 aliphatic rings. The van der Waals surface area contributed by atoms with E-state index in [1.807, 2.05) is 6.07 Å². The summed E-state index contributed by atoms with van der Waals surface area (Å²) in [6.45, 7) is 6.68. The topological polar surface area (TPSA) is 118 Å². The zero-order valence-electron chi connectivity index (χ0n) is 15.3. The maximum absolute atomic E-state index is 12.0. The highest BCUT2D eigenvalue weighted by atomic mass is 16.6. The average Bonchev–Trinajstić information content (AvgIpc) is 2.53. The van der Waals surface area contributed by atoms with E-state index < -0.39 is 29.7 Å². The molecule has 2 amide bonds. The van der Waals surface area contributed by atoms with Crippen LogP contribution in [0.15, 0.2) is 24.3 Å². The van der Waals surface area contributed by atoms with Gasteiger partial charge in [0.2, 0.25) is 0 Å². The zero-order chi connectivity index (χ0) is 19.7. The van der Waals surface area contributed by atoms with Crippen LogP contribution in [0.2, 0.25) is 0 Å². The molecular weight excluding hydrogens is 338 g/mol. The molecule has 1 aromatic carbocycles. The number of ether oxygens (including phenoxy) is 2. The van der Waals surface area contributed by atoms with Crippen molar-refractivity contribution in [1.82, 2.24) is 5.32 Å². The highest BCUT2D eigenvalue weighted by Gasteiger charge is 2.19. The fourth-order valence-electron chi connectivity index (χ4n) is 1.76. The molecule has 8 nitrogen and oxygen atoms in total. The van der Waals surface area contributed by atoms with E-state index in [1.165, 1.54) is 6.92 Å². The number of alkyl carbamates (subject to hydrolysis) is 1. The molecule has 0 fully saturated rings. The van der Waals surface area contributed by atoms with Crippen molar-refractivity contribution in [2.24, 2.45) is 0 Å². The molecule has 0 unspecified atom stereocenters. The summed E-state index contributed by atoms with van der Waals surface area (Å²) in [7, 11) is 0. The first-order chi connectivity index (χ1) is 12.1. The fourth-order valence-corrected chi connectivity index (χ4v) is 1.76. The Morgan fingerprint density at radius 1 is 1.19 bits per heavy atom. The minimum Gasteiger partial charge on any atom is -0.452 e. The van der Waals surface area contributed by atoms with Crippen molar-refractivity contribution < 1.29 is 23.9 Å². The number of nitriles is 1. The van der Waals surface area contributed by atoms with Gasteiger partial charge in [0.25, 0.3) is 5.91 Å². The fraction of sp³-hybridized carbons (Fsp3) is 0.444. The number of nitrogens with zero attached hydrogens (tertiary/aromatic N) is 1. The van der Waals surface area contributed by atoms with Gasteiger partial charge in [-0.05, 0) is 52.0 Å². The molecule has 2 N–H and O–H groups in total. The molecule has 1 aromatic rings. The van der Waals surface area contributed by atoms with Crippen molar-refractivity contribution in [2.75, 3.05) is 11.9 Å². The molecule has 0 bridgehead atoms. The highest BCUT2D eigenvalue weighted by molar-refractivity contribution is 5.95. The van der Waals surface area contributed by atoms with Crippen LogP contribution in [0.5, 0.6) is 0 Å². The van der Waals surface area contributed by atoms with Crippen LogP contribution in [0, 0.1) is 11.3 Å². The van der Waals surface area contributed by atoms with Crippen molar-refractivity contribution in [3.63, 3.8) is 0 Å². The van der Waals surface area contributed by atoms with Gasteiger partial charge < -0.3 is 20.1 Å². The van der Waals surface area contributed by atoms with Crippen LogP contribution in [-0.4, -0.2) is 36.2 Å². The SMILES string of the molecule is C[C@H](OC(=O)CCNC(=O)OC(C)(C)C)C(=O)Nc1ccc(C#N)cc1. The number of carbonyl (C=O) groups excluding carboxylic acids is 3. The predicted molar refractivity (Wildman–Crippen MR) is 94.2 cm³/mol. The largest absolute Gasteiger partial charge is 0.452 e. The maximum atomic E-state index is 12.0. The van der Waals surface area contributed by atoms with Crippen molar-refractivity contribution in [3.05, 3.63) is 29.8 Å². The van der Waals surface area contributed by atoms with Gasteiger partial charge in [-0.1, -0.05) is 0 Å². The number of amides is 2. The normalized spacial score (nSPS) is 11.7. The Labute approximate surface area is 152 Å². The Balaban J connectivity index is 2.35. The Kier molecular flexibility index (Phi) is 7.59. The summed E-state index contributed by atoms with van der Waals surface area (Å²) in [6, 6.07) is 8.26. The quantitative estimate of drug-likeness (QED) is 0.751. The summed E-state index contributed by atoms with van der Waals surface area (Å²) in [6.07, 6.45) is -1.72. The third kappa shape index (κ3) is 8.15. The van der Waals surface area contributed by atoms with Crippen LogP contribution in [0.4, 0.5) is 10.5 Å². The van der Waals surface area contributed by atoms with Gasteiger partial charge in [-0.25, -0.2) is 4.79 Å². The van der Waals surface area contributed by atoms with Crippen LogP contribution in [0.25, 0.3) is 0 Å². The average molecular weight is 361 g/mol. The number of benzene rings is 1. The first kappa shape index (κ1) is 21.0. The molecule has 0 saturated carbocycles. The third-order valence-corrected chi connectivity index (χ3v) is 2.96. The molecule has 1 atom stereocenters. The lowest BCUT2D eigenvalue weighted by Gasteiger charge is -2.19. The Morgan fingerprint density at radius 3 is 2.35 bits per heavy atom. The van der Waals surface area contributed by atoms with E-state index in [4.69, 9.17) is 14.7 Å². The smallest absolute Gasteiger partial charge is 0.407 e. The number of rotatable bonds is 6. The molecule has 26 heavy (non-hydrogen) atoms. The van der Waals surface area contributed by atoms with Gasteiger partial charge in [0.15, 0.2) is 6.10 Å². The Morgan fingerprint density at radius 2 is 1.81 bits per heavy atom. The third-order valence-electron chi connectivity index (χ3n) is 2.96. The lowest BCUT2D eigenvalue weighted by molar-refractivity contribution is -0.153. The molecule has 0 spiro atoms. The first-order valence-corrected chi connectivity index (χ1v) is 8.08. The van der Waals surface area contributed by atoms with Gasteiger partial charge in [-0.3, -0.25) is 9.59 Å². The van der Waals surface area contributed by atoms with Crippen LogP contribution >= 0.6 is 0 Å². The van der Waals surface area contributed by atoms with E-state index in [0.29, 0.717) is 11.3 Å². The minimum absolute atomic E-state index is 0.0394. The lowest BCUT2D eigenvalue weighted by atomic mass is 10.2. The number of carbonyl (C=O) groups is 3. The lowest BCUT2D eigenvalue weighted by Crippen LogP contribution is -2.35. The molecule has 0 aromatic heterocycles. The monoisotopic (exact) mass is 361 g/mol. The van der Waals surface area contributed by atoms with Crippen molar-refractivity contribution in [2.45, 2.75) is 45.8 Å². The summed E-state index contributed by atoms with van der Waals surface area (Å²) >= 11 is 0. The van der Waals surface area contributed by atoms with Crippen molar-refractivity contribution >= 4 is 23.7 Å². The van der Waals surface area contributed by atoms with E-state index in [1.54, 1.807) is 45.0 Å². The van der Waals surface area contributed by atoms with Gasteiger partial charge in [-0.2, -0.15) is 5.26 Å². The maximum Gasteiger partial charge on any atom is 0.407 e. The second-order valence-electron chi connectivity index (χ2n) is 6.49. The van der Waals surface area contributed by atoms with Gasteiger partial charge in [0.05, 0.1) is 18.1 Å². The Bertz CT molecular complexity index is 686. The van der Waals surface area contributed by atoms with Gasteiger partial charge in [0, 0.05) is 12.2 Å². The van der Waals surface area contributed by atoms with Crippen LogP contribution in [-0.2, 0) is 19.1 Å². The number of esters is 1. The van der Waals surface area contributed by atoms with E-state index in [2.05, 4.69) is 10.6 Å². The van der Waals surface area contributed by atoms with Crippen LogP contribution in [0.1, 0.15) is 39.7 Å². The summed E-state index contributed by atoms with van der Waals surface area (Å²) in [4.78, 5) is 35.2. The highest BCUT2D eigenvalue weighted by Crippen LogP contribution is 2.10. The summed E-state index contributed by atoms with van der Waals surface area (Å²) in [5.41, 5.74) is 0.339. The van der Waals surface area contributed by atoms with Crippen LogP contribution in [0.3, 0.4) is 0 Å². The second kappa shape index (κ2) is 9.42. The van der Waals surface area contributed by atoms with Gasteiger partial charge in [0.1, 0.15) is 5.60 Å². The summed E-state index contributed by atoms with van der Waals surface area (Å²) < 4.78 is 10.1. The Hall–Kier alpha value is -3.08. The molecular formula is C18H23N3O5. The number of anilines is 1. The molecule has 0 saturated heterocycles. The van der Waals surface area contributed by atoms with E-state index in [0.717, 1.165) is 0 Å². The van der Waals surface area contributed by atoms with Crippen molar-refractivity contribution in [1.29, 1.82) is 5.26 Å². The van der Waals surface area contributed by atoms with E-state index in [9.17, 15) is 14.4 Å². The van der Waals surface area contributed by atoms with E-state index >= 15 is 0 Å².